The summed E-state index contributed by atoms with van der Waals surface area (Å²) < 4.78 is 13.0. The minimum atomic E-state index is -0.0201. The van der Waals surface area contributed by atoms with Gasteiger partial charge < -0.3 is 13.8 Å². The number of aromatic nitrogens is 5. The lowest BCUT2D eigenvalue weighted by Crippen LogP contribution is -2.05. The minimum absolute atomic E-state index is 0.0201. The van der Waals surface area contributed by atoms with Crippen molar-refractivity contribution < 1.29 is 9.26 Å². The molecule has 1 unspecified atom stereocenters. The van der Waals surface area contributed by atoms with Crippen LogP contribution < -0.4 is 4.74 Å². The van der Waals surface area contributed by atoms with Gasteiger partial charge in [0.2, 0.25) is 5.89 Å². The number of aryl methyl sites for hydroxylation is 1. The average molecular weight is 394 g/mol. The normalized spacial score (nSPS) is 12.3. The number of halogens is 1. The largest absolute Gasteiger partial charge is 0.484 e. The number of benzene rings is 1. The number of hydrogen-bond acceptors (Lipinski definition) is 7. The summed E-state index contributed by atoms with van der Waals surface area (Å²) in [5.41, 5.74) is 0. The van der Waals surface area contributed by atoms with E-state index in [1.165, 1.54) is 11.8 Å². The standard InChI is InChI=1S/C17H20ClN5O2S/c1-4-7-14-19-16(25-22-14)11(2)26-17-21-20-15(23(17)3)10-24-13-9-6-5-8-12(13)18/h5-6,8-9,11H,4,7,10H2,1-3H3. The Balaban J connectivity index is 1.63. The van der Waals surface area contributed by atoms with Crippen molar-refractivity contribution in [2.24, 2.45) is 7.05 Å². The molecule has 0 aliphatic heterocycles. The molecular formula is C17H20ClN5O2S. The molecule has 7 nitrogen and oxygen atoms in total. The number of nitrogens with zero attached hydrogens (tertiary/aromatic N) is 5. The minimum Gasteiger partial charge on any atom is -0.484 e. The smallest absolute Gasteiger partial charge is 0.239 e. The molecule has 1 atom stereocenters. The molecule has 26 heavy (non-hydrogen) atoms. The maximum absolute atomic E-state index is 6.10. The molecule has 138 valence electrons. The molecule has 0 bridgehead atoms. The Morgan fingerprint density at radius 2 is 2.12 bits per heavy atom. The first kappa shape index (κ1) is 18.7. The molecule has 2 aromatic heterocycles. The summed E-state index contributed by atoms with van der Waals surface area (Å²) in [6.07, 6.45) is 1.80. The Labute approximate surface area is 161 Å². The summed E-state index contributed by atoms with van der Waals surface area (Å²) in [4.78, 5) is 4.42. The maximum Gasteiger partial charge on any atom is 0.239 e. The summed E-state index contributed by atoms with van der Waals surface area (Å²) in [6.45, 7) is 4.37. The number of thioether (sulfide) groups is 1. The lowest BCUT2D eigenvalue weighted by atomic mass is 10.3. The molecule has 3 aromatic rings. The highest BCUT2D eigenvalue weighted by Crippen LogP contribution is 2.33. The zero-order valence-electron chi connectivity index (χ0n) is 14.8. The Morgan fingerprint density at radius 3 is 2.88 bits per heavy atom. The van der Waals surface area contributed by atoms with Gasteiger partial charge in [0, 0.05) is 13.5 Å². The van der Waals surface area contributed by atoms with E-state index < -0.39 is 0 Å². The Hall–Kier alpha value is -2.06. The van der Waals surface area contributed by atoms with Crippen LogP contribution in [-0.4, -0.2) is 24.9 Å². The third-order valence-electron chi connectivity index (χ3n) is 3.71. The lowest BCUT2D eigenvalue weighted by Gasteiger charge is -2.08. The van der Waals surface area contributed by atoms with E-state index in [9.17, 15) is 0 Å². The van der Waals surface area contributed by atoms with Crippen molar-refractivity contribution in [1.29, 1.82) is 0 Å². The highest BCUT2D eigenvalue weighted by atomic mass is 35.5. The van der Waals surface area contributed by atoms with Gasteiger partial charge in [-0.3, -0.25) is 0 Å². The second-order valence-corrected chi connectivity index (χ2v) is 7.45. The van der Waals surface area contributed by atoms with E-state index >= 15 is 0 Å². The van der Waals surface area contributed by atoms with Crippen LogP contribution in [0.2, 0.25) is 5.02 Å². The van der Waals surface area contributed by atoms with Crippen LogP contribution in [0.15, 0.2) is 33.9 Å². The van der Waals surface area contributed by atoms with E-state index in [1.807, 2.05) is 36.7 Å². The van der Waals surface area contributed by atoms with Crippen LogP contribution in [0, 0.1) is 0 Å². The fourth-order valence-electron chi connectivity index (χ4n) is 2.24. The van der Waals surface area contributed by atoms with Crippen LogP contribution >= 0.6 is 23.4 Å². The van der Waals surface area contributed by atoms with Gasteiger partial charge in [-0.2, -0.15) is 4.98 Å². The molecule has 0 radical (unpaired) electrons. The SMILES string of the molecule is CCCc1noc(C(C)Sc2nnc(COc3ccccc3Cl)n2C)n1. The molecule has 0 saturated carbocycles. The molecule has 0 amide bonds. The predicted molar refractivity (Wildman–Crippen MR) is 99.4 cm³/mol. The third-order valence-corrected chi connectivity index (χ3v) is 5.14. The lowest BCUT2D eigenvalue weighted by molar-refractivity contribution is 0.290. The van der Waals surface area contributed by atoms with Gasteiger partial charge in [0.05, 0.1) is 10.3 Å². The molecule has 0 saturated heterocycles. The van der Waals surface area contributed by atoms with Crippen LogP contribution in [0.1, 0.15) is 43.1 Å². The highest BCUT2D eigenvalue weighted by Gasteiger charge is 2.19. The Morgan fingerprint density at radius 1 is 1.31 bits per heavy atom. The van der Waals surface area contributed by atoms with E-state index in [0.29, 0.717) is 22.5 Å². The van der Waals surface area contributed by atoms with E-state index in [4.69, 9.17) is 20.9 Å². The fourth-order valence-corrected chi connectivity index (χ4v) is 3.30. The molecular weight excluding hydrogens is 374 g/mol. The maximum atomic E-state index is 6.10. The molecule has 3 rings (SSSR count). The third kappa shape index (κ3) is 4.37. The van der Waals surface area contributed by atoms with Crippen LogP contribution in [0.5, 0.6) is 5.75 Å². The monoisotopic (exact) mass is 393 g/mol. The topological polar surface area (TPSA) is 78.9 Å². The summed E-state index contributed by atoms with van der Waals surface area (Å²) in [5.74, 6) is 2.66. The first-order chi connectivity index (χ1) is 12.6. The van der Waals surface area contributed by atoms with E-state index in [1.54, 1.807) is 6.07 Å². The Bertz CT molecular complexity index is 866. The zero-order chi connectivity index (χ0) is 18.5. The van der Waals surface area contributed by atoms with Gasteiger partial charge in [-0.25, -0.2) is 0 Å². The van der Waals surface area contributed by atoms with Crippen molar-refractivity contribution in [2.75, 3.05) is 0 Å². The molecule has 0 aliphatic carbocycles. The molecule has 0 N–H and O–H groups in total. The van der Waals surface area contributed by atoms with Crippen molar-refractivity contribution in [2.45, 2.75) is 43.7 Å². The van der Waals surface area contributed by atoms with Gasteiger partial charge in [0.25, 0.3) is 0 Å². The highest BCUT2D eigenvalue weighted by molar-refractivity contribution is 7.99. The first-order valence-corrected chi connectivity index (χ1v) is 9.59. The summed E-state index contributed by atoms with van der Waals surface area (Å²) in [7, 11) is 1.90. The van der Waals surface area contributed by atoms with Crippen molar-refractivity contribution in [3.05, 3.63) is 46.8 Å². The predicted octanol–water partition coefficient (Wildman–Crippen LogP) is 4.24. The van der Waals surface area contributed by atoms with Gasteiger partial charge in [-0.15, -0.1) is 10.2 Å². The second kappa shape index (κ2) is 8.55. The van der Waals surface area contributed by atoms with Crippen molar-refractivity contribution in [3.8, 4) is 5.75 Å². The zero-order valence-corrected chi connectivity index (χ0v) is 16.4. The van der Waals surface area contributed by atoms with Gasteiger partial charge in [0.1, 0.15) is 12.4 Å². The summed E-state index contributed by atoms with van der Waals surface area (Å²) >= 11 is 7.61. The van der Waals surface area contributed by atoms with Crippen molar-refractivity contribution in [1.82, 2.24) is 24.9 Å². The molecule has 0 aliphatic rings. The van der Waals surface area contributed by atoms with Crippen molar-refractivity contribution >= 4 is 23.4 Å². The fraction of sp³-hybridized carbons (Fsp3) is 0.412. The van der Waals surface area contributed by atoms with Gasteiger partial charge in [0.15, 0.2) is 16.8 Å². The van der Waals surface area contributed by atoms with E-state index in [0.717, 1.165) is 23.8 Å². The van der Waals surface area contributed by atoms with Gasteiger partial charge >= 0.3 is 0 Å². The van der Waals surface area contributed by atoms with Gasteiger partial charge in [-0.1, -0.05) is 47.6 Å². The van der Waals surface area contributed by atoms with Crippen LogP contribution in [0.25, 0.3) is 0 Å². The number of hydrogen-bond donors (Lipinski definition) is 0. The molecule has 1 aromatic carbocycles. The summed E-state index contributed by atoms with van der Waals surface area (Å²) in [6, 6.07) is 7.34. The van der Waals surface area contributed by atoms with Crippen molar-refractivity contribution in [3.63, 3.8) is 0 Å². The van der Waals surface area contributed by atoms with E-state index in [2.05, 4.69) is 27.3 Å². The Kier molecular flexibility index (Phi) is 6.16. The number of rotatable bonds is 8. The number of ether oxygens (including phenoxy) is 1. The van der Waals surface area contributed by atoms with Gasteiger partial charge in [-0.05, 0) is 25.5 Å². The summed E-state index contributed by atoms with van der Waals surface area (Å²) in [5, 5.41) is 13.7. The van der Waals surface area contributed by atoms with Crippen LogP contribution in [-0.2, 0) is 20.1 Å². The quantitative estimate of drug-likeness (QED) is 0.529. The molecule has 2 heterocycles. The number of para-hydroxylation sites is 1. The second-order valence-electron chi connectivity index (χ2n) is 5.74. The molecule has 0 spiro atoms. The van der Waals surface area contributed by atoms with Crippen LogP contribution in [0.4, 0.5) is 0 Å². The average Bonchev–Trinajstić information content (AvgIpc) is 3.23. The van der Waals surface area contributed by atoms with Crippen LogP contribution in [0.3, 0.4) is 0 Å². The first-order valence-electron chi connectivity index (χ1n) is 8.33. The van der Waals surface area contributed by atoms with E-state index in [-0.39, 0.29) is 11.9 Å². The molecule has 0 fully saturated rings. The molecule has 9 heteroatoms.